The Balaban J connectivity index is 1.75. The van der Waals surface area contributed by atoms with Crippen LogP contribution in [0.2, 0.25) is 0 Å². The molecule has 3 rings (SSSR count). The van der Waals surface area contributed by atoms with E-state index in [9.17, 15) is 19.7 Å². The summed E-state index contributed by atoms with van der Waals surface area (Å²) in [4.78, 5) is 40.0. The third-order valence-electron chi connectivity index (χ3n) is 5.22. The number of amides is 2. The molecule has 1 heterocycles. The SMILES string of the molecule is CC(C)CN(Cc1cccn1C)C(=O)CN(C(=O)c1ccc([N+](=O)[O-])cc1)C1CC1. The quantitative estimate of drug-likeness (QED) is 0.467. The minimum absolute atomic E-state index is 0.0115. The van der Waals surface area contributed by atoms with Crippen molar-refractivity contribution in [1.29, 1.82) is 0 Å². The van der Waals surface area contributed by atoms with E-state index < -0.39 is 4.92 Å². The van der Waals surface area contributed by atoms with Gasteiger partial charge in [0.05, 0.1) is 11.5 Å². The van der Waals surface area contributed by atoms with Crippen LogP contribution in [0.15, 0.2) is 42.6 Å². The first-order chi connectivity index (χ1) is 14.3. The summed E-state index contributed by atoms with van der Waals surface area (Å²) < 4.78 is 1.99. The number of rotatable bonds is 9. The van der Waals surface area contributed by atoms with E-state index in [1.165, 1.54) is 24.3 Å². The number of carbonyl (C=O) groups excluding carboxylic acids is 2. The highest BCUT2D eigenvalue weighted by Crippen LogP contribution is 2.29. The van der Waals surface area contributed by atoms with Crippen LogP contribution >= 0.6 is 0 Å². The molecule has 0 spiro atoms. The monoisotopic (exact) mass is 412 g/mol. The molecule has 160 valence electrons. The summed E-state index contributed by atoms with van der Waals surface area (Å²) in [5, 5.41) is 10.9. The van der Waals surface area contributed by atoms with Crippen molar-refractivity contribution in [2.24, 2.45) is 13.0 Å². The van der Waals surface area contributed by atoms with E-state index in [1.807, 2.05) is 29.9 Å². The molecule has 8 heteroatoms. The molecule has 1 aromatic heterocycles. The molecule has 8 nitrogen and oxygen atoms in total. The Morgan fingerprint density at radius 2 is 1.87 bits per heavy atom. The van der Waals surface area contributed by atoms with Gasteiger partial charge in [-0.3, -0.25) is 19.7 Å². The molecule has 1 aliphatic rings. The number of nitrogens with zero attached hydrogens (tertiary/aromatic N) is 4. The van der Waals surface area contributed by atoms with Crippen molar-refractivity contribution in [3.05, 3.63) is 64.0 Å². The first-order valence-corrected chi connectivity index (χ1v) is 10.2. The molecule has 0 bridgehead atoms. The Hall–Kier alpha value is -3.16. The number of nitro benzene ring substituents is 1. The zero-order valence-corrected chi connectivity index (χ0v) is 17.7. The molecule has 1 fully saturated rings. The molecule has 1 aromatic carbocycles. The maximum Gasteiger partial charge on any atom is 0.269 e. The van der Waals surface area contributed by atoms with Crippen molar-refractivity contribution in [2.75, 3.05) is 13.1 Å². The molecule has 0 aliphatic heterocycles. The average molecular weight is 412 g/mol. The predicted molar refractivity (Wildman–Crippen MR) is 113 cm³/mol. The van der Waals surface area contributed by atoms with Gasteiger partial charge < -0.3 is 14.4 Å². The van der Waals surface area contributed by atoms with Gasteiger partial charge in [-0.25, -0.2) is 0 Å². The highest BCUT2D eigenvalue weighted by Gasteiger charge is 2.35. The van der Waals surface area contributed by atoms with Crippen LogP contribution in [0.4, 0.5) is 5.69 Å². The summed E-state index contributed by atoms with van der Waals surface area (Å²) in [7, 11) is 1.95. The summed E-state index contributed by atoms with van der Waals surface area (Å²) in [5.41, 5.74) is 1.33. The Morgan fingerprint density at radius 1 is 1.20 bits per heavy atom. The Morgan fingerprint density at radius 3 is 2.37 bits per heavy atom. The number of non-ortho nitro benzene ring substituents is 1. The fraction of sp³-hybridized carbons (Fsp3) is 0.455. The van der Waals surface area contributed by atoms with Gasteiger partial charge in [-0.05, 0) is 43.0 Å². The van der Waals surface area contributed by atoms with E-state index in [4.69, 9.17) is 0 Å². The van der Waals surface area contributed by atoms with Crippen molar-refractivity contribution in [3.63, 3.8) is 0 Å². The molecular formula is C22H28N4O4. The summed E-state index contributed by atoms with van der Waals surface area (Å²) in [5.74, 6) is -0.0508. The first kappa shape index (κ1) is 21.5. The lowest BCUT2D eigenvalue weighted by molar-refractivity contribution is -0.384. The van der Waals surface area contributed by atoms with Gasteiger partial charge in [-0.15, -0.1) is 0 Å². The van der Waals surface area contributed by atoms with Gasteiger partial charge in [-0.2, -0.15) is 0 Å². The summed E-state index contributed by atoms with van der Waals surface area (Å²) in [6.45, 7) is 5.23. The molecule has 2 amide bonds. The van der Waals surface area contributed by atoms with Crippen LogP contribution in [-0.2, 0) is 18.4 Å². The zero-order chi connectivity index (χ0) is 21.8. The number of hydrogen-bond donors (Lipinski definition) is 0. The number of benzene rings is 1. The van der Waals surface area contributed by atoms with Gasteiger partial charge in [0.1, 0.15) is 6.54 Å². The van der Waals surface area contributed by atoms with Crippen molar-refractivity contribution >= 4 is 17.5 Å². The lowest BCUT2D eigenvalue weighted by Crippen LogP contribution is -2.45. The topological polar surface area (TPSA) is 88.7 Å². The Labute approximate surface area is 176 Å². The van der Waals surface area contributed by atoms with E-state index in [-0.39, 0.29) is 30.1 Å². The lowest BCUT2D eigenvalue weighted by Gasteiger charge is -2.29. The second-order valence-corrected chi connectivity index (χ2v) is 8.25. The van der Waals surface area contributed by atoms with Gasteiger partial charge in [0.25, 0.3) is 11.6 Å². The molecule has 0 unspecified atom stereocenters. The van der Waals surface area contributed by atoms with Gasteiger partial charge in [0, 0.05) is 49.2 Å². The average Bonchev–Trinajstić information content (AvgIpc) is 3.47. The molecule has 1 saturated carbocycles. The molecular weight excluding hydrogens is 384 g/mol. The molecule has 1 aliphatic carbocycles. The van der Waals surface area contributed by atoms with Gasteiger partial charge in [-0.1, -0.05) is 13.8 Å². The molecule has 0 atom stereocenters. The summed E-state index contributed by atoms with van der Waals surface area (Å²) >= 11 is 0. The largest absolute Gasteiger partial charge is 0.353 e. The van der Waals surface area contributed by atoms with Crippen LogP contribution in [0.25, 0.3) is 0 Å². The van der Waals surface area contributed by atoms with Crippen molar-refractivity contribution in [3.8, 4) is 0 Å². The van der Waals surface area contributed by atoms with Crippen LogP contribution in [0.5, 0.6) is 0 Å². The highest BCUT2D eigenvalue weighted by molar-refractivity contribution is 5.97. The molecule has 30 heavy (non-hydrogen) atoms. The van der Waals surface area contributed by atoms with Crippen LogP contribution < -0.4 is 0 Å². The second kappa shape index (κ2) is 9.11. The summed E-state index contributed by atoms with van der Waals surface area (Å²) in [6, 6.07) is 9.53. The minimum Gasteiger partial charge on any atom is -0.353 e. The highest BCUT2D eigenvalue weighted by atomic mass is 16.6. The van der Waals surface area contributed by atoms with E-state index in [0.29, 0.717) is 24.6 Å². The van der Waals surface area contributed by atoms with Gasteiger partial charge in [0.2, 0.25) is 5.91 Å². The zero-order valence-electron chi connectivity index (χ0n) is 17.7. The van der Waals surface area contributed by atoms with Crippen molar-refractivity contribution in [2.45, 2.75) is 39.3 Å². The number of carbonyl (C=O) groups is 2. The van der Waals surface area contributed by atoms with Gasteiger partial charge in [0.15, 0.2) is 0 Å². The van der Waals surface area contributed by atoms with E-state index in [0.717, 1.165) is 18.5 Å². The van der Waals surface area contributed by atoms with E-state index >= 15 is 0 Å². The van der Waals surface area contributed by atoms with E-state index in [2.05, 4.69) is 13.8 Å². The molecule has 0 saturated heterocycles. The molecule has 0 N–H and O–H groups in total. The van der Waals surface area contributed by atoms with Crippen LogP contribution in [0, 0.1) is 16.0 Å². The third kappa shape index (κ3) is 5.25. The normalized spacial score (nSPS) is 13.3. The number of aryl methyl sites for hydroxylation is 1. The van der Waals surface area contributed by atoms with Gasteiger partial charge >= 0.3 is 0 Å². The smallest absolute Gasteiger partial charge is 0.269 e. The fourth-order valence-electron chi connectivity index (χ4n) is 3.44. The Bertz CT molecular complexity index is 915. The number of nitro groups is 1. The standard InChI is InChI=1S/C22H28N4O4/c1-16(2)13-24(14-20-5-4-12-23(20)3)21(27)15-25(18-10-11-18)22(28)17-6-8-19(9-7-17)26(29)30/h4-9,12,16,18H,10-11,13-15H2,1-3H3. The van der Waals surface area contributed by atoms with Crippen molar-refractivity contribution < 1.29 is 14.5 Å². The first-order valence-electron chi connectivity index (χ1n) is 10.2. The Kier molecular flexibility index (Phi) is 6.54. The predicted octanol–water partition coefficient (Wildman–Crippen LogP) is 3.22. The van der Waals surface area contributed by atoms with Crippen LogP contribution in [0.1, 0.15) is 42.7 Å². The van der Waals surface area contributed by atoms with Crippen LogP contribution in [-0.4, -0.2) is 50.2 Å². The van der Waals surface area contributed by atoms with Crippen LogP contribution in [0.3, 0.4) is 0 Å². The van der Waals surface area contributed by atoms with Crippen molar-refractivity contribution in [1.82, 2.24) is 14.4 Å². The summed E-state index contributed by atoms with van der Waals surface area (Å²) in [6.07, 6.45) is 3.68. The molecule has 0 radical (unpaired) electrons. The fourth-order valence-corrected chi connectivity index (χ4v) is 3.44. The maximum absolute atomic E-state index is 13.2. The number of aromatic nitrogens is 1. The minimum atomic E-state index is -0.496. The van der Waals surface area contributed by atoms with E-state index in [1.54, 1.807) is 9.80 Å². The third-order valence-corrected chi connectivity index (χ3v) is 5.22. The molecule has 2 aromatic rings. The number of hydrogen-bond acceptors (Lipinski definition) is 4. The second-order valence-electron chi connectivity index (χ2n) is 8.25. The maximum atomic E-state index is 13.2. The lowest BCUT2D eigenvalue weighted by atomic mass is 10.1.